The molecule has 2 heteroatoms. The third-order valence-electron chi connectivity index (χ3n) is 3.89. The van der Waals surface area contributed by atoms with E-state index in [0.717, 1.165) is 16.9 Å². The SMILES string of the molecule is Cc1ccc(C2CC(O)c3ccccc3O2)cc1C. The van der Waals surface area contributed by atoms with Crippen LogP contribution < -0.4 is 4.74 Å². The molecule has 0 fully saturated rings. The summed E-state index contributed by atoms with van der Waals surface area (Å²) in [5.74, 6) is 0.796. The van der Waals surface area contributed by atoms with Crippen LogP contribution in [0.2, 0.25) is 0 Å². The van der Waals surface area contributed by atoms with Crippen LogP contribution in [0.3, 0.4) is 0 Å². The highest BCUT2D eigenvalue weighted by molar-refractivity contribution is 5.39. The van der Waals surface area contributed by atoms with Crippen molar-refractivity contribution < 1.29 is 9.84 Å². The Bertz CT molecular complexity index is 604. The molecule has 1 N–H and O–H groups in total. The maximum atomic E-state index is 10.2. The fourth-order valence-corrected chi connectivity index (χ4v) is 2.56. The first kappa shape index (κ1) is 12.2. The van der Waals surface area contributed by atoms with Crippen molar-refractivity contribution in [2.75, 3.05) is 0 Å². The summed E-state index contributed by atoms with van der Waals surface area (Å²) in [5, 5.41) is 10.2. The molecule has 0 radical (unpaired) electrons. The van der Waals surface area contributed by atoms with Gasteiger partial charge in [-0.15, -0.1) is 0 Å². The van der Waals surface area contributed by atoms with E-state index in [-0.39, 0.29) is 6.10 Å². The Morgan fingerprint density at radius 3 is 2.63 bits per heavy atom. The molecule has 1 aliphatic heterocycles. The van der Waals surface area contributed by atoms with Crippen molar-refractivity contribution in [2.24, 2.45) is 0 Å². The number of aryl methyl sites for hydroxylation is 2. The highest BCUT2D eigenvalue weighted by Crippen LogP contribution is 2.40. The number of hydrogen-bond donors (Lipinski definition) is 1. The Balaban J connectivity index is 1.94. The first-order chi connectivity index (χ1) is 9.15. The molecule has 0 saturated heterocycles. The van der Waals surface area contributed by atoms with Gasteiger partial charge in [-0.1, -0.05) is 36.4 Å². The van der Waals surface area contributed by atoms with Gasteiger partial charge in [0.2, 0.25) is 0 Å². The molecule has 1 heterocycles. The van der Waals surface area contributed by atoms with Gasteiger partial charge in [-0.2, -0.15) is 0 Å². The van der Waals surface area contributed by atoms with Gasteiger partial charge in [0.1, 0.15) is 11.9 Å². The second-order valence-corrected chi connectivity index (χ2v) is 5.24. The molecule has 0 bridgehead atoms. The third-order valence-corrected chi connectivity index (χ3v) is 3.89. The Hall–Kier alpha value is -1.80. The minimum absolute atomic E-state index is 0.0656. The predicted molar refractivity (Wildman–Crippen MR) is 75.3 cm³/mol. The lowest BCUT2D eigenvalue weighted by atomic mass is 9.93. The Morgan fingerprint density at radius 1 is 1.05 bits per heavy atom. The summed E-state index contributed by atoms with van der Waals surface area (Å²) in [6.45, 7) is 4.21. The number of rotatable bonds is 1. The maximum absolute atomic E-state index is 10.2. The van der Waals surface area contributed by atoms with Gasteiger partial charge in [0.25, 0.3) is 0 Å². The van der Waals surface area contributed by atoms with Crippen LogP contribution in [-0.2, 0) is 0 Å². The van der Waals surface area contributed by atoms with Crippen LogP contribution in [0.5, 0.6) is 5.75 Å². The molecule has 2 aromatic carbocycles. The summed E-state index contributed by atoms with van der Waals surface area (Å²) in [6, 6.07) is 14.1. The molecule has 3 rings (SSSR count). The predicted octanol–water partition coefficient (Wildman–Crippen LogP) is 3.86. The minimum Gasteiger partial charge on any atom is -0.485 e. The second-order valence-electron chi connectivity index (χ2n) is 5.24. The molecule has 0 saturated carbocycles. The number of aliphatic hydroxyl groups excluding tert-OH is 1. The van der Waals surface area contributed by atoms with Crippen molar-refractivity contribution in [1.29, 1.82) is 0 Å². The number of aliphatic hydroxyl groups is 1. The zero-order chi connectivity index (χ0) is 13.4. The highest BCUT2D eigenvalue weighted by Gasteiger charge is 2.27. The van der Waals surface area contributed by atoms with E-state index >= 15 is 0 Å². The summed E-state index contributed by atoms with van der Waals surface area (Å²) >= 11 is 0. The molecule has 1 aliphatic rings. The minimum atomic E-state index is -0.448. The summed E-state index contributed by atoms with van der Waals surface area (Å²) in [4.78, 5) is 0. The van der Waals surface area contributed by atoms with E-state index in [1.807, 2.05) is 24.3 Å². The first-order valence-corrected chi connectivity index (χ1v) is 6.66. The number of fused-ring (bicyclic) bond motifs is 1. The molecule has 0 aliphatic carbocycles. The molecule has 2 atom stereocenters. The van der Waals surface area contributed by atoms with Gasteiger partial charge < -0.3 is 9.84 Å². The van der Waals surface area contributed by atoms with Crippen LogP contribution in [0, 0.1) is 13.8 Å². The molecule has 2 nitrogen and oxygen atoms in total. The van der Waals surface area contributed by atoms with Gasteiger partial charge in [0.05, 0.1) is 6.10 Å². The smallest absolute Gasteiger partial charge is 0.127 e. The summed E-state index contributed by atoms with van der Waals surface area (Å²) < 4.78 is 6.02. The largest absolute Gasteiger partial charge is 0.485 e. The van der Waals surface area contributed by atoms with E-state index in [2.05, 4.69) is 32.0 Å². The van der Waals surface area contributed by atoms with Crippen molar-refractivity contribution in [3.8, 4) is 5.75 Å². The average Bonchev–Trinajstić information content (AvgIpc) is 2.42. The first-order valence-electron chi connectivity index (χ1n) is 6.66. The zero-order valence-corrected chi connectivity index (χ0v) is 11.3. The van der Waals surface area contributed by atoms with Gasteiger partial charge in [-0.3, -0.25) is 0 Å². The van der Waals surface area contributed by atoms with E-state index in [9.17, 15) is 5.11 Å². The number of hydrogen-bond acceptors (Lipinski definition) is 2. The van der Waals surface area contributed by atoms with Gasteiger partial charge in [-0.25, -0.2) is 0 Å². The molecule has 19 heavy (non-hydrogen) atoms. The monoisotopic (exact) mass is 254 g/mol. The van der Waals surface area contributed by atoms with E-state index in [4.69, 9.17) is 4.74 Å². The summed E-state index contributed by atoms with van der Waals surface area (Å²) in [7, 11) is 0. The van der Waals surface area contributed by atoms with Crippen LogP contribution >= 0.6 is 0 Å². The van der Waals surface area contributed by atoms with Crippen molar-refractivity contribution in [1.82, 2.24) is 0 Å². The quantitative estimate of drug-likeness (QED) is 0.837. The van der Waals surface area contributed by atoms with Crippen LogP contribution in [0.4, 0.5) is 0 Å². The summed E-state index contributed by atoms with van der Waals surface area (Å²) in [5.41, 5.74) is 4.56. The van der Waals surface area contributed by atoms with E-state index in [1.54, 1.807) is 0 Å². The van der Waals surface area contributed by atoms with Gasteiger partial charge >= 0.3 is 0 Å². The molecule has 2 aromatic rings. The van der Waals surface area contributed by atoms with Crippen molar-refractivity contribution in [3.05, 3.63) is 64.7 Å². The van der Waals surface area contributed by atoms with Crippen LogP contribution in [-0.4, -0.2) is 5.11 Å². The average molecular weight is 254 g/mol. The van der Waals surface area contributed by atoms with Crippen molar-refractivity contribution in [3.63, 3.8) is 0 Å². The highest BCUT2D eigenvalue weighted by atomic mass is 16.5. The second kappa shape index (κ2) is 4.71. The van der Waals surface area contributed by atoms with Crippen molar-refractivity contribution >= 4 is 0 Å². The topological polar surface area (TPSA) is 29.5 Å². The Morgan fingerprint density at radius 2 is 1.84 bits per heavy atom. The van der Waals surface area contributed by atoms with E-state index < -0.39 is 6.10 Å². The molecule has 98 valence electrons. The number of para-hydroxylation sites is 1. The molecule has 0 aromatic heterocycles. The van der Waals surface area contributed by atoms with Gasteiger partial charge in [0.15, 0.2) is 0 Å². The van der Waals surface area contributed by atoms with Crippen LogP contribution in [0.1, 0.15) is 40.9 Å². The number of benzene rings is 2. The third kappa shape index (κ3) is 2.24. The normalized spacial score (nSPS) is 21.6. The molecular formula is C17H18O2. The molecular weight excluding hydrogens is 236 g/mol. The maximum Gasteiger partial charge on any atom is 0.127 e. The fraction of sp³-hybridized carbons (Fsp3) is 0.294. The lowest BCUT2D eigenvalue weighted by Gasteiger charge is -2.30. The Kier molecular flexibility index (Phi) is 3.03. The van der Waals surface area contributed by atoms with Gasteiger partial charge in [0, 0.05) is 12.0 Å². The molecule has 0 spiro atoms. The van der Waals surface area contributed by atoms with Crippen LogP contribution in [0.25, 0.3) is 0 Å². The molecule has 0 amide bonds. The van der Waals surface area contributed by atoms with Gasteiger partial charge in [-0.05, 0) is 36.6 Å². The Labute approximate surface area is 113 Å². The van der Waals surface area contributed by atoms with E-state index in [1.165, 1.54) is 11.1 Å². The van der Waals surface area contributed by atoms with E-state index in [0.29, 0.717) is 6.42 Å². The lowest BCUT2D eigenvalue weighted by molar-refractivity contribution is 0.0657. The summed E-state index contributed by atoms with van der Waals surface area (Å²) in [6.07, 6.45) is 0.0974. The fourth-order valence-electron chi connectivity index (χ4n) is 2.56. The number of ether oxygens (including phenoxy) is 1. The molecule has 2 unspecified atom stereocenters. The van der Waals surface area contributed by atoms with Crippen molar-refractivity contribution in [2.45, 2.75) is 32.5 Å². The lowest BCUT2D eigenvalue weighted by Crippen LogP contribution is -2.19. The zero-order valence-electron chi connectivity index (χ0n) is 11.3. The standard InChI is InChI=1S/C17H18O2/c1-11-7-8-13(9-12(11)2)17-10-15(18)14-5-3-4-6-16(14)19-17/h3-9,15,17-18H,10H2,1-2H3. The van der Waals surface area contributed by atoms with Crippen LogP contribution in [0.15, 0.2) is 42.5 Å².